The van der Waals surface area contributed by atoms with E-state index in [1.165, 1.54) is 0 Å². The molecule has 0 heterocycles. The quantitative estimate of drug-likeness (QED) is 0.612. The fourth-order valence-electron chi connectivity index (χ4n) is 2.76. The van der Waals surface area contributed by atoms with Crippen LogP contribution >= 0.6 is 15.9 Å². The minimum absolute atomic E-state index is 0.0140. The van der Waals surface area contributed by atoms with Crippen molar-refractivity contribution in [3.63, 3.8) is 0 Å². The van der Waals surface area contributed by atoms with Crippen LogP contribution in [0.1, 0.15) is 42.1 Å². The Morgan fingerprint density at radius 3 is 2.86 bits per heavy atom. The molecule has 5 heteroatoms. The Bertz CT molecular complexity index is 553. The SMILES string of the molecule is CCOC(=O)CC1CCCc2cc(Br)cc(OC)c2C1=O. The number of ketones is 1. The van der Waals surface area contributed by atoms with Crippen LogP contribution in [0, 0.1) is 5.92 Å². The lowest BCUT2D eigenvalue weighted by Gasteiger charge is -2.15. The molecule has 1 aliphatic carbocycles. The van der Waals surface area contributed by atoms with E-state index < -0.39 is 0 Å². The summed E-state index contributed by atoms with van der Waals surface area (Å²) >= 11 is 3.44. The highest BCUT2D eigenvalue weighted by Gasteiger charge is 2.30. The molecule has 0 bridgehead atoms. The van der Waals surface area contributed by atoms with Crippen LogP contribution in [0.15, 0.2) is 16.6 Å². The van der Waals surface area contributed by atoms with E-state index in [1.807, 2.05) is 6.07 Å². The van der Waals surface area contributed by atoms with E-state index in [0.29, 0.717) is 24.3 Å². The first-order valence-electron chi connectivity index (χ1n) is 7.13. The maximum atomic E-state index is 12.8. The van der Waals surface area contributed by atoms with E-state index in [2.05, 4.69) is 15.9 Å². The fraction of sp³-hybridized carbons (Fsp3) is 0.500. The van der Waals surface area contributed by atoms with Crippen molar-refractivity contribution in [2.75, 3.05) is 13.7 Å². The molecule has 114 valence electrons. The largest absolute Gasteiger partial charge is 0.496 e. The van der Waals surface area contributed by atoms with Gasteiger partial charge in [-0.3, -0.25) is 9.59 Å². The molecule has 1 aromatic rings. The highest BCUT2D eigenvalue weighted by molar-refractivity contribution is 9.10. The van der Waals surface area contributed by atoms with E-state index in [9.17, 15) is 9.59 Å². The minimum Gasteiger partial charge on any atom is -0.496 e. The van der Waals surface area contributed by atoms with Crippen LogP contribution in [-0.2, 0) is 16.0 Å². The monoisotopic (exact) mass is 354 g/mol. The summed E-state index contributed by atoms with van der Waals surface area (Å²) in [4.78, 5) is 24.4. The van der Waals surface area contributed by atoms with Crippen molar-refractivity contribution in [3.05, 3.63) is 27.7 Å². The number of benzene rings is 1. The van der Waals surface area contributed by atoms with E-state index in [-0.39, 0.29) is 24.1 Å². The Balaban J connectivity index is 2.32. The van der Waals surface area contributed by atoms with Crippen molar-refractivity contribution < 1.29 is 19.1 Å². The Hall–Kier alpha value is -1.36. The van der Waals surface area contributed by atoms with Crippen LogP contribution in [-0.4, -0.2) is 25.5 Å². The number of ether oxygens (including phenoxy) is 2. The van der Waals surface area contributed by atoms with Crippen LogP contribution < -0.4 is 4.74 Å². The van der Waals surface area contributed by atoms with E-state index >= 15 is 0 Å². The third-order valence-corrected chi connectivity index (χ3v) is 4.16. The second-order valence-electron chi connectivity index (χ2n) is 5.10. The number of Topliss-reactive ketones (excluding diaryl/α,β-unsaturated/α-hetero) is 1. The van der Waals surface area contributed by atoms with Crippen molar-refractivity contribution in [3.8, 4) is 5.75 Å². The van der Waals surface area contributed by atoms with Gasteiger partial charge in [-0.1, -0.05) is 15.9 Å². The van der Waals surface area contributed by atoms with Crippen molar-refractivity contribution in [1.29, 1.82) is 0 Å². The second kappa shape index (κ2) is 7.07. The summed E-state index contributed by atoms with van der Waals surface area (Å²) < 4.78 is 11.2. The number of hydrogen-bond donors (Lipinski definition) is 0. The lowest BCUT2D eigenvalue weighted by atomic mass is 9.92. The molecular weight excluding hydrogens is 336 g/mol. The molecule has 1 aromatic carbocycles. The summed E-state index contributed by atoms with van der Waals surface area (Å²) in [6.45, 7) is 2.11. The predicted octanol–water partition coefficient (Wildman–Crippen LogP) is 3.55. The standard InChI is InChI=1S/C16H19BrO4/c1-3-21-14(18)8-11-6-4-5-10-7-12(17)9-13(20-2)15(10)16(11)19/h7,9,11H,3-6,8H2,1-2H3. The average Bonchev–Trinajstić information content (AvgIpc) is 2.58. The van der Waals surface area contributed by atoms with Crippen LogP contribution in [0.25, 0.3) is 0 Å². The maximum absolute atomic E-state index is 12.8. The molecule has 0 amide bonds. The molecular formula is C16H19BrO4. The summed E-state index contributed by atoms with van der Waals surface area (Å²) in [5, 5.41) is 0. The molecule has 0 aromatic heterocycles. The normalized spacial score (nSPS) is 17.9. The van der Waals surface area contributed by atoms with E-state index in [4.69, 9.17) is 9.47 Å². The molecule has 0 saturated heterocycles. The van der Waals surface area contributed by atoms with Crippen LogP contribution in [0.2, 0.25) is 0 Å². The van der Waals surface area contributed by atoms with Gasteiger partial charge in [-0.05, 0) is 43.9 Å². The van der Waals surface area contributed by atoms with E-state index in [0.717, 1.165) is 22.9 Å². The Kier molecular flexibility index (Phi) is 5.39. The molecule has 0 aliphatic heterocycles. The first-order chi connectivity index (χ1) is 10.1. The zero-order valence-electron chi connectivity index (χ0n) is 12.3. The van der Waals surface area contributed by atoms with Gasteiger partial charge < -0.3 is 9.47 Å². The molecule has 0 N–H and O–H groups in total. The van der Waals surface area contributed by atoms with E-state index in [1.54, 1.807) is 20.1 Å². The summed E-state index contributed by atoms with van der Waals surface area (Å²) in [5.41, 5.74) is 1.60. The molecule has 2 rings (SSSR count). The Labute approximate surface area is 132 Å². The van der Waals surface area contributed by atoms with Gasteiger partial charge in [0.2, 0.25) is 0 Å². The molecule has 0 saturated carbocycles. The van der Waals surface area contributed by atoms with Gasteiger partial charge in [-0.2, -0.15) is 0 Å². The zero-order valence-corrected chi connectivity index (χ0v) is 13.9. The van der Waals surface area contributed by atoms with Gasteiger partial charge in [0.1, 0.15) is 5.75 Å². The Morgan fingerprint density at radius 1 is 1.43 bits per heavy atom. The molecule has 0 spiro atoms. The third kappa shape index (κ3) is 3.64. The first-order valence-corrected chi connectivity index (χ1v) is 7.92. The average molecular weight is 355 g/mol. The molecule has 4 nitrogen and oxygen atoms in total. The lowest BCUT2D eigenvalue weighted by molar-refractivity contribution is -0.143. The number of carbonyl (C=O) groups is 2. The van der Waals surface area contributed by atoms with Gasteiger partial charge in [-0.25, -0.2) is 0 Å². The number of halogens is 1. The summed E-state index contributed by atoms with van der Waals surface area (Å²) in [5.74, 6) is -0.0733. The molecule has 1 unspecified atom stereocenters. The fourth-order valence-corrected chi connectivity index (χ4v) is 3.25. The summed E-state index contributed by atoms with van der Waals surface area (Å²) in [6.07, 6.45) is 2.54. The first kappa shape index (κ1) is 16.0. The summed E-state index contributed by atoms with van der Waals surface area (Å²) in [7, 11) is 1.56. The molecule has 21 heavy (non-hydrogen) atoms. The second-order valence-corrected chi connectivity index (χ2v) is 6.02. The van der Waals surface area contributed by atoms with Crippen molar-refractivity contribution >= 4 is 27.7 Å². The smallest absolute Gasteiger partial charge is 0.306 e. The number of carbonyl (C=O) groups excluding carboxylic acids is 2. The van der Waals surface area contributed by atoms with Crippen molar-refractivity contribution in [1.82, 2.24) is 0 Å². The van der Waals surface area contributed by atoms with Gasteiger partial charge in [-0.15, -0.1) is 0 Å². The number of fused-ring (bicyclic) bond motifs is 1. The number of methoxy groups -OCH3 is 1. The van der Waals surface area contributed by atoms with Gasteiger partial charge in [0.05, 0.1) is 25.7 Å². The lowest BCUT2D eigenvalue weighted by Crippen LogP contribution is -2.20. The van der Waals surface area contributed by atoms with Crippen molar-refractivity contribution in [2.24, 2.45) is 5.92 Å². The predicted molar refractivity (Wildman–Crippen MR) is 82.7 cm³/mol. The van der Waals surface area contributed by atoms with Crippen LogP contribution in [0.3, 0.4) is 0 Å². The highest BCUT2D eigenvalue weighted by atomic mass is 79.9. The zero-order chi connectivity index (χ0) is 15.4. The molecule has 1 atom stereocenters. The molecule has 1 aliphatic rings. The Morgan fingerprint density at radius 2 is 2.19 bits per heavy atom. The van der Waals surface area contributed by atoms with Crippen LogP contribution in [0.5, 0.6) is 5.75 Å². The van der Waals surface area contributed by atoms with Crippen LogP contribution in [0.4, 0.5) is 0 Å². The number of aryl methyl sites for hydroxylation is 1. The highest BCUT2D eigenvalue weighted by Crippen LogP contribution is 2.35. The number of esters is 1. The van der Waals surface area contributed by atoms with Gasteiger partial charge in [0.25, 0.3) is 0 Å². The maximum Gasteiger partial charge on any atom is 0.306 e. The molecule has 0 fully saturated rings. The van der Waals surface area contributed by atoms with Gasteiger partial charge in [0.15, 0.2) is 5.78 Å². The number of rotatable bonds is 4. The summed E-state index contributed by atoms with van der Waals surface area (Å²) in [6, 6.07) is 3.76. The molecule has 0 radical (unpaired) electrons. The third-order valence-electron chi connectivity index (χ3n) is 3.70. The van der Waals surface area contributed by atoms with Gasteiger partial charge in [0, 0.05) is 10.4 Å². The van der Waals surface area contributed by atoms with Crippen molar-refractivity contribution in [2.45, 2.75) is 32.6 Å². The topological polar surface area (TPSA) is 52.6 Å². The van der Waals surface area contributed by atoms with Gasteiger partial charge >= 0.3 is 5.97 Å². The number of hydrogen-bond acceptors (Lipinski definition) is 4. The minimum atomic E-state index is -0.319.